The summed E-state index contributed by atoms with van der Waals surface area (Å²) >= 11 is 0. The van der Waals surface area contributed by atoms with Gasteiger partial charge in [0.1, 0.15) is 5.75 Å². The van der Waals surface area contributed by atoms with E-state index in [-0.39, 0.29) is 17.0 Å². The number of hydrogen-bond acceptors (Lipinski definition) is 5. The average Bonchev–Trinajstić information content (AvgIpc) is 2.37. The molecule has 8 heteroatoms. The number of carbonyl (C=O) groups is 3. The number of hydrogen-bond donors (Lipinski definition) is 4. The van der Waals surface area contributed by atoms with Crippen molar-refractivity contribution in [2.24, 2.45) is 5.84 Å². The third-order valence-corrected chi connectivity index (χ3v) is 2.03. The fraction of sp³-hybridized carbons (Fsp3) is 0.100. The quantitative estimate of drug-likeness (QED) is 0.244. The summed E-state index contributed by atoms with van der Waals surface area (Å²) in [7, 11) is 1.36. The Labute approximate surface area is 102 Å². The van der Waals surface area contributed by atoms with Gasteiger partial charge in [0, 0.05) is 5.69 Å². The lowest BCUT2D eigenvalue weighted by Crippen LogP contribution is -2.30. The van der Waals surface area contributed by atoms with Gasteiger partial charge in [-0.05, 0) is 18.2 Å². The van der Waals surface area contributed by atoms with Crippen molar-refractivity contribution < 1.29 is 24.2 Å². The normalized spacial score (nSPS) is 9.44. The van der Waals surface area contributed by atoms with Crippen LogP contribution in [-0.2, 0) is 9.59 Å². The monoisotopic (exact) mass is 253 g/mol. The molecule has 0 aliphatic carbocycles. The number of anilines is 1. The summed E-state index contributed by atoms with van der Waals surface area (Å²) in [5.41, 5.74) is 2.12. The molecule has 0 bridgehead atoms. The number of ether oxygens (including phenoxy) is 1. The van der Waals surface area contributed by atoms with Crippen molar-refractivity contribution in [2.45, 2.75) is 0 Å². The van der Waals surface area contributed by atoms with Crippen molar-refractivity contribution in [1.82, 2.24) is 5.43 Å². The molecule has 0 heterocycles. The highest BCUT2D eigenvalue weighted by Crippen LogP contribution is 2.22. The third kappa shape index (κ3) is 2.95. The predicted molar refractivity (Wildman–Crippen MR) is 60.9 cm³/mol. The summed E-state index contributed by atoms with van der Waals surface area (Å²) in [6.07, 6.45) is 0. The smallest absolute Gasteiger partial charge is 0.394 e. The molecule has 18 heavy (non-hydrogen) atoms. The Morgan fingerprint density at radius 3 is 2.50 bits per heavy atom. The van der Waals surface area contributed by atoms with Crippen LogP contribution in [-0.4, -0.2) is 30.0 Å². The maximum atomic E-state index is 11.4. The summed E-state index contributed by atoms with van der Waals surface area (Å²) in [6.45, 7) is 0. The number of nitrogens with two attached hydrogens (primary N) is 1. The molecule has 1 rings (SSSR count). The summed E-state index contributed by atoms with van der Waals surface area (Å²) in [5.74, 6) is 1.77. The van der Waals surface area contributed by atoms with E-state index in [1.165, 1.54) is 25.3 Å². The van der Waals surface area contributed by atoms with Gasteiger partial charge in [-0.1, -0.05) is 0 Å². The van der Waals surface area contributed by atoms with Crippen LogP contribution in [0.25, 0.3) is 0 Å². The number of carboxylic acids is 1. The number of hydrazine groups is 1. The molecule has 0 saturated heterocycles. The van der Waals surface area contributed by atoms with Crippen molar-refractivity contribution in [2.75, 3.05) is 12.4 Å². The van der Waals surface area contributed by atoms with Crippen LogP contribution in [0.2, 0.25) is 0 Å². The van der Waals surface area contributed by atoms with Gasteiger partial charge in [0.15, 0.2) is 0 Å². The second kappa shape index (κ2) is 5.64. The number of amides is 2. The number of rotatable bonds is 3. The molecule has 0 spiro atoms. The second-order valence-corrected chi connectivity index (χ2v) is 3.15. The van der Waals surface area contributed by atoms with Crippen molar-refractivity contribution in [3.63, 3.8) is 0 Å². The molecule has 0 aliphatic heterocycles. The number of methoxy groups -OCH3 is 1. The van der Waals surface area contributed by atoms with Crippen molar-refractivity contribution >= 4 is 23.5 Å². The minimum absolute atomic E-state index is 0.0724. The highest BCUT2D eigenvalue weighted by atomic mass is 16.5. The van der Waals surface area contributed by atoms with Crippen LogP contribution >= 0.6 is 0 Å². The highest BCUT2D eigenvalue weighted by Gasteiger charge is 2.15. The molecule has 0 fully saturated rings. The fourth-order valence-corrected chi connectivity index (χ4v) is 1.23. The second-order valence-electron chi connectivity index (χ2n) is 3.15. The first-order valence-electron chi connectivity index (χ1n) is 4.73. The lowest BCUT2D eigenvalue weighted by molar-refractivity contribution is -0.147. The molecule has 0 aromatic heterocycles. The summed E-state index contributed by atoms with van der Waals surface area (Å²) in [5, 5.41) is 10.5. The van der Waals surface area contributed by atoms with Gasteiger partial charge in [0.25, 0.3) is 5.91 Å². The Bertz CT molecular complexity index is 500. The van der Waals surface area contributed by atoms with E-state index in [9.17, 15) is 14.4 Å². The average molecular weight is 253 g/mol. The minimum Gasteiger partial charge on any atom is -0.496 e. The topological polar surface area (TPSA) is 131 Å². The molecule has 0 atom stereocenters. The molecule has 0 radical (unpaired) electrons. The Balaban J connectivity index is 3.06. The zero-order chi connectivity index (χ0) is 13.7. The van der Waals surface area contributed by atoms with Crippen LogP contribution in [0.15, 0.2) is 18.2 Å². The van der Waals surface area contributed by atoms with Gasteiger partial charge in [0.05, 0.1) is 12.7 Å². The van der Waals surface area contributed by atoms with Crippen LogP contribution in [0.3, 0.4) is 0 Å². The molecular formula is C10H11N3O5. The van der Waals surface area contributed by atoms with Crippen LogP contribution < -0.4 is 21.3 Å². The van der Waals surface area contributed by atoms with Gasteiger partial charge < -0.3 is 15.2 Å². The first kappa shape index (κ1) is 13.5. The standard InChI is InChI=1S/C10H11N3O5/c1-18-7-3-2-5(12-9(15)10(16)17)4-6(7)8(14)13-11/h2-4H,11H2,1H3,(H,12,15)(H,13,14)(H,16,17). The van der Waals surface area contributed by atoms with Crippen molar-refractivity contribution in [1.29, 1.82) is 0 Å². The van der Waals surface area contributed by atoms with E-state index in [1.54, 1.807) is 0 Å². The molecule has 8 nitrogen and oxygen atoms in total. The Hall–Kier alpha value is -2.61. The maximum absolute atomic E-state index is 11.4. The number of nitrogen functional groups attached to an aromatic ring is 1. The number of aliphatic carboxylic acids is 1. The number of carbonyl (C=O) groups excluding carboxylic acids is 2. The molecular weight excluding hydrogens is 242 g/mol. The Morgan fingerprint density at radius 1 is 1.33 bits per heavy atom. The molecule has 0 unspecified atom stereocenters. The van der Waals surface area contributed by atoms with Crippen LogP contribution in [0, 0.1) is 0 Å². The molecule has 1 aromatic rings. The van der Waals surface area contributed by atoms with Crippen LogP contribution in [0.4, 0.5) is 5.69 Å². The van der Waals surface area contributed by atoms with Gasteiger partial charge in [-0.3, -0.25) is 15.0 Å². The minimum atomic E-state index is -1.63. The van der Waals surface area contributed by atoms with E-state index >= 15 is 0 Å². The molecule has 0 aliphatic rings. The summed E-state index contributed by atoms with van der Waals surface area (Å²) < 4.78 is 4.93. The first-order chi connectivity index (χ1) is 8.49. The van der Waals surface area contributed by atoms with Gasteiger partial charge in [-0.15, -0.1) is 0 Å². The lowest BCUT2D eigenvalue weighted by atomic mass is 10.1. The van der Waals surface area contributed by atoms with Crippen LogP contribution in [0.5, 0.6) is 5.75 Å². The van der Waals surface area contributed by atoms with Gasteiger partial charge in [0.2, 0.25) is 0 Å². The van der Waals surface area contributed by atoms with Gasteiger partial charge in [-0.25, -0.2) is 10.6 Å². The van der Waals surface area contributed by atoms with E-state index in [0.29, 0.717) is 0 Å². The fourth-order valence-electron chi connectivity index (χ4n) is 1.23. The first-order valence-corrected chi connectivity index (χ1v) is 4.73. The molecule has 2 amide bonds. The van der Waals surface area contributed by atoms with Crippen molar-refractivity contribution in [3.05, 3.63) is 23.8 Å². The van der Waals surface area contributed by atoms with E-state index in [2.05, 4.69) is 5.32 Å². The van der Waals surface area contributed by atoms with Gasteiger partial charge in [-0.2, -0.15) is 0 Å². The number of benzene rings is 1. The van der Waals surface area contributed by atoms with E-state index in [1.807, 2.05) is 5.43 Å². The third-order valence-electron chi connectivity index (χ3n) is 2.03. The maximum Gasteiger partial charge on any atom is 0.394 e. The SMILES string of the molecule is COc1ccc(NC(=O)C(=O)O)cc1C(=O)NN. The van der Waals surface area contributed by atoms with Gasteiger partial charge >= 0.3 is 11.9 Å². The largest absolute Gasteiger partial charge is 0.496 e. The predicted octanol–water partition coefficient (Wildman–Crippen LogP) is -0.678. The van der Waals surface area contributed by atoms with Crippen molar-refractivity contribution in [3.8, 4) is 5.75 Å². The molecule has 96 valence electrons. The Kier molecular flexibility index (Phi) is 4.22. The van der Waals surface area contributed by atoms with E-state index in [4.69, 9.17) is 15.7 Å². The molecule has 0 saturated carbocycles. The highest BCUT2D eigenvalue weighted by molar-refractivity contribution is 6.36. The number of nitrogens with one attached hydrogen (secondary N) is 2. The van der Waals surface area contributed by atoms with E-state index in [0.717, 1.165) is 0 Å². The zero-order valence-corrected chi connectivity index (χ0v) is 9.39. The molecule has 5 N–H and O–H groups in total. The summed E-state index contributed by atoms with van der Waals surface area (Å²) in [6, 6.07) is 4.05. The molecule has 1 aromatic carbocycles. The zero-order valence-electron chi connectivity index (χ0n) is 9.39. The number of carboxylic acid groups (broad SMARTS) is 1. The summed E-state index contributed by atoms with van der Waals surface area (Å²) in [4.78, 5) is 32.7. The lowest BCUT2D eigenvalue weighted by Gasteiger charge is -2.09. The van der Waals surface area contributed by atoms with E-state index < -0.39 is 17.8 Å². The Morgan fingerprint density at radius 2 is 2.00 bits per heavy atom. The van der Waals surface area contributed by atoms with Crippen LogP contribution in [0.1, 0.15) is 10.4 Å².